The molecule has 3 aromatic heterocycles. The third-order valence-electron chi connectivity index (χ3n) is 12.6. The first-order valence-corrected chi connectivity index (χ1v) is 21.6. The third kappa shape index (κ3) is 5.98. The van der Waals surface area contributed by atoms with E-state index in [9.17, 15) is 0 Å². The van der Waals surface area contributed by atoms with Crippen molar-refractivity contribution in [2.24, 2.45) is 0 Å². The highest BCUT2D eigenvalue weighted by atomic mass is 16.3. The number of aromatic nitrogens is 4. The molecule has 64 heavy (non-hydrogen) atoms. The quantitative estimate of drug-likeness (QED) is 0.168. The van der Waals surface area contributed by atoms with Crippen LogP contribution in [0.4, 0.5) is 0 Å². The van der Waals surface area contributed by atoms with E-state index in [1.54, 1.807) is 0 Å². The van der Waals surface area contributed by atoms with E-state index in [0.717, 1.165) is 66.1 Å². The highest BCUT2D eigenvalue weighted by Crippen LogP contribution is 2.41. The molecule has 5 heteroatoms. The average Bonchev–Trinajstić information content (AvgIpc) is 3.91. The van der Waals surface area contributed by atoms with Gasteiger partial charge in [0, 0.05) is 50.0 Å². The van der Waals surface area contributed by atoms with Gasteiger partial charge in [-0.15, -0.1) is 0 Å². The minimum absolute atomic E-state index is 0.586. The highest BCUT2D eigenvalue weighted by Gasteiger charge is 2.21. The van der Waals surface area contributed by atoms with E-state index < -0.39 is 0 Å². The Morgan fingerprint density at radius 2 is 0.812 bits per heavy atom. The first kappa shape index (κ1) is 36.0. The van der Waals surface area contributed by atoms with Gasteiger partial charge in [0.25, 0.3) is 0 Å². The van der Waals surface area contributed by atoms with Crippen molar-refractivity contribution in [2.45, 2.75) is 0 Å². The summed E-state index contributed by atoms with van der Waals surface area (Å²) in [4.78, 5) is 15.6. The molecule has 0 saturated heterocycles. The molecule has 0 unspecified atom stereocenters. The van der Waals surface area contributed by atoms with E-state index in [4.69, 9.17) is 19.4 Å². The average molecular weight is 817 g/mol. The molecule has 0 amide bonds. The van der Waals surface area contributed by atoms with Gasteiger partial charge in [0.2, 0.25) is 0 Å². The molecule has 0 bridgehead atoms. The number of benzene rings is 10. The first-order chi connectivity index (χ1) is 31.7. The van der Waals surface area contributed by atoms with Crippen molar-refractivity contribution >= 4 is 65.3 Å². The Labute approximate surface area is 368 Å². The molecule has 3 heterocycles. The van der Waals surface area contributed by atoms with E-state index in [-0.39, 0.29) is 0 Å². The van der Waals surface area contributed by atoms with E-state index in [2.05, 4.69) is 211 Å². The smallest absolute Gasteiger partial charge is 0.164 e. The van der Waals surface area contributed by atoms with Gasteiger partial charge >= 0.3 is 0 Å². The van der Waals surface area contributed by atoms with Crippen LogP contribution in [0.5, 0.6) is 0 Å². The fourth-order valence-electron chi connectivity index (χ4n) is 9.47. The van der Waals surface area contributed by atoms with Crippen molar-refractivity contribution in [3.8, 4) is 62.1 Å². The van der Waals surface area contributed by atoms with Crippen LogP contribution in [0.15, 0.2) is 223 Å². The van der Waals surface area contributed by atoms with Crippen LogP contribution in [0, 0.1) is 0 Å². The second-order valence-corrected chi connectivity index (χ2v) is 16.4. The third-order valence-corrected chi connectivity index (χ3v) is 12.6. The molecule has 0 radical (unpaired) electrons. The summed E-state index contributed by atoms with van der Waals surface area (Å²) >= 11 is 0. The van der Waals surface area contributed by atoms with Crippen molar-refractivity contribution < 1.29 is 4.42 Å². The first-order valence-electron chi connectivity index (χ1n) is 21.6. The van der Waals surface area contributed by atoms with Gasteiger partial charge in [-0.2, -0.15) is 0 Å². The molecule has 298 valence electrons. The molecule has 5 nitrogen and oxygen atoms in total. The SMILES string of the molecule is c1ccc(-c2ccc3c4ccc(-c5ccccc5)cc4n(-c4ccc5c(c4)oc4cccc(-c6nc(-c7ccc8ccccc8c7)nc(-c7ccc8ccccc8c7)n6)c45)c3c2)cc1. The van der Waals surface area contributed by atoms with Crippen LogP contribution in [-0.2, 0) is 0 Å². The van der Waals surface area contributed by atoms with E-state index in [1.807, 2.05) is 12.1 Å². The van der Waals surface area contributed by atoms with E-state index >= 15 is 0 Å². The van der Waals surface area contributed by atoms with Crippen molar-refractivity contribution in [3.63, 3.8) is 0 Å². The number of rotatable bonds is 6. The van der Waals surface area contributed by atoms with Crippen molar-refractivity contribution in [3.05, 3.63) is 218 Å². The zero-order valence-electron chi connectivity index (χ0n) is 34.5. The summed E-state index contributed by atoms with van der Waals surface area (Å²) in [5.41, 5.74) is 12.2. The van der Waals surface area contributed by atoms with Gasteiger partial charge in [-0.25, -0.2) is 15.0 Å². The number of hydrogen-bond donors (Lipinski definition) is 0. The summed E-state index contributed by atoms with van der Waals surface area (Å²) in [6.07, 6.45) is 0. The Morgan fingerprint density at radius 3 is 1.39 bits per heavy atom. The maximum Gasteiger partial charge on any atom is 0.164 e. The monoisotopic (exact) mass is 816 g/mol. The maximum absolute atomic E-state index is 6.81. The fraction of sp³-hybridized carbons (Fsp3) is 0. The largest absolute Gasteiger partial charge is 0.456 e. The van der Waals surface area contributed by atoms with Crippen molar-refractivity contribution in [1.82, 2.24) is 19.5 Å². The molecular formula is C59H36N4O. The van der Waals surface area contributed by atoms with Crippen LogP contribution in [0.3, 0.4) is 0 Å². The summed E-state index contributed by atoms with van der Waals surface area (Å²) in [5, 5.41) is 8.93. The maximum atomic E-state index is 6.81. The highest BCUT2D eigenvalue weighted by molar-refractivity contribution is 6.14. The molecular weight excluding hydrogens is 781 g/mol. The minimum Gasteiger partial charge on any atom is -0.456 e. The van der Waals surface area contributed by atoms with Crippen LogP contribution in [0.2, 0.25) is 0 Å². The van der Waals surface area contributed by atoms with Crippen LogP contribution in [0.1, 0.15) is 0 Å². The van der Waals surface area contributed by atoms with E-state index in [0.29, 0.717) is 17.5 Å². The lowest BCUT2D eigenvalue weighted by molar-refractivity contribution is 0.668. The summed E-state index contributed by atoms with van der Waals surface area (Å²) in [6, 6.07) is 77.1. The van der Waals surface area contributed by atoms with Gasteiger partial charge in [0.15, 0.2) is 17.5 Å². The standard InChI is InChI=1S/C59H36N4O/c1-3-12-37(13-4-1)43-26-29-48-49-30-27-44(38-14-5-2-6-15-38)35-53(49)63(52(48)34-43)47-28-31-50-55(36-47)64-54-21-11-20-51(56(50)54)59-61-57(45-24-22-39-16-7-9-18-41(39)32-45)60-58(62-59)46-25-23-40-17-8-10-19-42(40)33-46/h1-36H. The summed E-state index contributed by atoms with van der Waals surface area (Å²) in [7, 11) is 0. The molecule has 13 rings (SSSR count). The fourth-order valence-corrected chi connectivity index (χ4v) is 9.47. The van der Waals surface area contributed by atoms with Crippen LogP contribution < -0.4 is 0 Å². The molecule has 0 aliphatic carbocycles. The molecule has 0 spiro atoms. The molecule has 0 saturated carbocycles. The number of fused-ring (bicyclic) bond motifs is 8. The lowest BCUT2D eigenvalue weighted by Crippen LogP contribution is -2.00. The topological polar surface area (TPSA) is 56.7 Å². The summed E-state index contributed by atoms with van der Waals surface area (Å²) in [5.74, 6) is 1.81. The van der Waals surface area contributed by atoms with Crippen molar-refractivity contribution in [1.29, 1.82) is 0 Å². The lowest BCUT2D eigenvalue weighted by atomic mass is 10.0. The van der Waals surface area contributed by atoms with Crippen molar-refractivity contribution in [2.75, 3.05) is 0 Å². The predicted octanol–water partition coefficient (Wildman–Crippen LogP) is 15.5. The summed E-state index contributed by atoms with van der Waals surface area (Å²) in [6.45, 7) is 0. The molecule has 0 aliphatic heterocycles. The van der Waals surface area contributed by atoms with Gasteiger partial charge in [0.05, 0.1) is 11.0 Å². The van der Waals surface area contributed by atoms with Crippen LogP contribution in [0.25, 0.3) is 127 Å². The molecule has 10 aromatic carbocycles. The van der Waals surface area contributed by atoms with Crippen LogP contribution in [-0.4, -0.2) is 19.5 Å². The second kappa shape index (κ2) is 14.5. The Morgan fingerprint density at radius 1 is 0.312 bits per heavy atom. The normalized spacial score (nSPS) is 11.8. The predicted molar refractivity (Wildman–Crippen MR) is 264 cm³/mol. The molecule has 0 fully saturated rings. The Balaban J connectivity index is 1.01. The lowest BCUT2D eigenvalue weighted by Gasteiger charge is -2.11. The van der Waals surface area contributed by atoms with Crippen LogP contribution >= 0.6 is 0 Å². The Bertz CT molecular complexity index is 3770. The van der Waals surface area contributed by atoms with Gasteiger partial charge in [-0.05, 0) is 86.3 Å². The number of furan rings is 1. The molecule has 0 atom stereocenters. The zero-order chi connectivity index (χ0) is 42.1. The molecule has 0 N–H and O–H groups in total. The van der Waals surface area contributed by atoms with Gasteiger partial charge < -0.3 is 8.98 Å². The zero-order valence-corrected chi connectivity index (χ0v) is 34.5. The number of nitrogens with zero attached hydrogens (tertiary/aromatic N) is 4. The molecule has 13 aromatic rings. The molecule has 0 aliphatic rings. The van der Waals surface area contributed by atoms with Gasteiger partial charge in [-0.1, -0.05) is 170 Å². The Kier molecular flexibility index (Phi) is 8.15. The summed E-state index contributed by atoms with van der Waals surface area (Å²) < 4.78 is 9.19. The van der Waals surface area contributed by atoms with E-state index in [1.165, 1.54) is 43.8 Å². The van der Waals surface area contributed by atoms with Gasteiger partial charge in [-0.3, -0.25) is 0 Å². The number of hydrogen-bond acceptors (Lipinski definition) is 4. The second-order valence-electron chi connectivity index (χ2n) is 16.4. The Hall–Kier alpha value is -8.67. The minimum atomic E-state index is 0.586. The van der Waals surface area contributed by atoms with Gasteiger partial charge in [0.1, 0.15) is 11.2 Å².